The van der Waals surface area contributed by atoms with Gasteiger partial charge in [0, 0.05) is 0 Å². The maximum Gasteiger partial charge on any atom is 0.309 e. The van der Waals surface area contributed by atoms with Crippen LogP contribution in [-0.4, -0.2) is 23.7 Å². The fraction of sp³-hybridized carbons (Fsp3) is 0.909. The summed E-state index contributed by atoms with van der Waals surface area (Å²) in [5.41, 5.74) is 0. The van der Waals surface area contributed by atoms with Crippen LogP contribution in [0, 0.1) is 11.8 Å². The van der Waals surface area contributed by atoms with E-state index in [2.05, 4.69) is 6.92 Å². The number of unbranched alkanes of at least 4 members (excludes halogenated alkanes) is 11. The van der Waals surface area contributed by atoms with Crippen molar-refractivity contribution in [3.8, 4) is 0 Å². The third kappa shape index (κ3) is 14.1. The molecule has 0 aliphatic rings. The van der Waals surface area contributed by atoms with E-state index in [1.54, 1.807) is 6.92 Å². The predicted octanol–water partition coefficient (Wildman–Crippen LogP) is 6.37. The molecular weight excluding hydrogens is 328 g/mol. The molecule has 2 atom stereocenters. The van der Waals surface area contributed by atoms with Crippen molar-refractivity contribution in [2.45, 2.75) is 111 Å². The van der Waals surface area contributed by atoms with Gasteiger partial charge in [-0.1, -0.05) is 90.9 Å². The zero-order valence-electron chi connectivity index (χ0n) is 17.4. The molecule has 0 saturated heterocycles. The molecule has 4 nitrogen and oxygen atoms in total. The Morgan fingerprint density at radius 3 is 1.69 bits per heavy atom. The SMILES string of the molecule is CCCCCCCCCCCCCCC(C)C(CC(=O)O)C(=O)OCC. The van der Waals surface area contributed by atoms with Gasteiger partial charge in [-0.3, -0.25) is 9.59 Å². The zero-order chi connectivity index (χ0) is 19.6. The molecule has 0 aromatic rings. The number of carbonyl (C=O) groups excluding carboxylic acids is 1. The molecule has 2 unspecified atom stereocenters. The van der Waals surface area contributed by atoms with Crippen LogP contribution in [0.2, 0.25) is 0 Å². The van der Waals surface area contributed by atoms with Crippen LogP contribution in [0.25, 0.3) is 0 Å². The summed E-state index contributed by atoms with van der Waals surface area (Å²) in [6.45, 7) is 6.29. The van der Waals surface area contributed by atoms with Crippen molar-refractivity contribution in [1.82, 2.24) is 0 Å². The fourth-order valence-corrected chi connectivity index (χ4v) is 3.46. The highest BCUT2D eigenvalue weighted by molar-refractivity contribution is 5.79. The van der Waals surface area contributed by atoms with Crippen molar-refractivity contribution in [3.05, 3.63) is 0 Å². The molecule has 0 rings (SSSR count). The van der Waals surface area contributed by atoms with Gasteiger partial charge >= 0.3 is 11.9 Å². The number of esters is 1. The van der Waals surface area contributed by atoms with Crippen LogP contribution in [-0.2, 0) is 14.3 Å². The summed E-state index contributed by atoms with van der Waals surface area (Å²) >= 11 is 0. The molecule has 0 bridgehead atoms. The number of rotatable bonds is 18. The molecule has 0 fully saturated rings. The van der Waals surface area contributed by atoms with E-state index in [9.17, 15) is 9.59 Å². The summed E-state index contributed by atoms with van der Waals surface area (Å²) in [5.74, 6) is -1.74. The third-order valence-corrected chi connectivity index (χ3v) is 5.18. The summed E-state index contributed by atoms with van der Waals surface area (Å²) < 4.78 is 5.04. The molecule has 0 amide bonds. The number of hydrogen-bond donors (Lipinski definition) is 1. The average Bonchev–Trinajstić information content (AvgIpc) is 2.60. The largest absolute Gasteiger partial charge is 0.481 e. The quantitative estimate of drug-likeness (QED) is 0.225. The first-order chi connectivity index (χ1) is 12.5. The van der Waals surface area contributed by atoms with Crippen LogP contribution in [0.3, 0.4) is 0 Å². The smallest absolute Gasteiger partial charge is 0.309 e. The first kappa shape index (κ1) is 24.9. The fourth-order valence-electron chi connectivity index (χ4n) is 3.46. The Kier molecular flexibility index (Phi) is 16.7. The van der Waals surface area contributed by atoms with E-state index in [4.69, 9.17) is 9.84 Å². The lowest BCUT2D eigenvalue weighted by atomic mass is 9.86. The predicted molar refractivity (Wildman–Crippen MR) is 107 cm³/mol. The van der Waals surface area contributed by atoms with E-state index < -0.39 is 11.9 Å². The molecule has 1 N–H and O–H groups in total. The van der Waals surface area contributed by atoms with Crippen LogP contribution in [0.4, 0.5) is 0 Å². The molecule has 0 radical (unpaired) electrons. The van der Waals surface area contributed by atoms with Crippen molar-refractivity contribution in [3.63, 3.8) is 0 Å². The highest BCUT2D eigenvalue weighted by Gasteiger charge is 2.28. The normalized spacial score (nSPS) is 13.3. The molecule has 0 saturated carbocycles. The number of ether oxygens (including phenoxy) is 1. The second kappa shape index (κ2) is 17.4. The molecule has 0 aromatic carbocycles. The van der Waals surface area contributed by atoms with Gasteiger partial charge in [-0.15, -0.1) is 0 Å². The van der Waals surface area contributed by atoms with Gasteiger partial charge in [-0.2, -0.15) is 0 Å². The lowest BCUT2D eigenvalue weighted by Gasteiger charge is -2.20. The highest BCUT2D eigenvalue weighted by Crippen LogP contribution is 2.24. The van der Waals surface area contributed by atoms with Crippen molar-refractivity contribution in [2.75, 3.05) is 6.61 Å². The molecule has 0 spiro atoms. The average molecular weight is 371 g/mol. The number of carboxylic acid groups (broad SMARTS) is 1. The second-order valence-electron chi connectivity index (χ2n) is 7.61. The molecule has 0 heterocycles. The molecule has 0 aliphatic carbocycles. The van der Waals surface area contributed by atoms with Gasteiger partial charge in [-0.25, -0.2) is 0 Å². The Hall–Kier alpha value is -1.06. The first-order valence-corrected chi connectivity index (χ1v) is 10.9. The van der Waals surface area contributed by atoms with Gasteiger partial charge in [0.1, 0.15) is 0 Å². The highest BCUT2D eigenvalue weighted by atomic mass is 16.5. The van der Waals surface area contributed by atoms with Gasteiger partial charge in [0.2, 0.25) is 0 Å². The number of carbonyl (C=O) groups is 2. The van der Waals surface area contributed by atoms with Crippen LogP contribution < -0.4 is 0 Å². The van der Waals surface area contributed by atoms with E-state index in [-0.39, 0.29) is 18.3 Å². The molecule has 26 heavy (non-hydrogen) atoms. The van der Waals surface area contributed by atoms with Gasteiger partial charge in [0.15, 0.2) is 0 Å². The van der Waals surface area contributed by atoms with Crippen molar-refractivity contribution in [1.29, 1.82) is 0 Å². The Labute approximate surface area is 161 Å². The summed E-state index contributed by atoms with van der Waals surface area (Å²) in [6, 6.07) is 0. The summed E-state index contributed by atoms with van der Waals surface area (Å²) in [7, 11) is 0. The summed E-state index contributed by atoms with van der Waals surface area (Å²) in [5, 5.41) is 9.01. The van der Waals surface area contributed by atoms with Crippen molar-refractivity contribution in [2.24, 2.45) is 11.8 Å². The van der Waals surface area contributed by atoms with E-state index >= 15 is 0 Å². The van der Waals surface area contributed by atoms with Gasteiger partial charge in [0.05, 0.1) is 18.9 Å². The lowest BCUT2D eigenvalue weighted by Crippen LogP contribution is -2.27. The number of aliphatic carboxylic acids is 1. The van der Waals surface area contributed by atoms with E-state index in [0.29, 0.717) is 6.61 Å². The first-order valence-electron chi connectivity index (χ1n) is 10.9. The van der Waals surface area contributed by atoms with E-state index in [1.165, 1.54) is 70.6 Å². The Morgan fingerprint density at radius 1 is 0.808 bits per heavy atom. The van der Waals surface area contributed by atoms with Gasteiger partial charge in [-0.05, 0) is 19.3 Å². The topological polar surface area (TPSA) is 63.6 Å². The standard InChI is InChI=1S/C22H42O4/c1-4-6-7-8-9-10-11-12-13-14-15-16-17-19(3)20(18-21(23)24)22(25)26-5-2/h19-20H,4-18H2,1-3H3,(H,23,24). The van der Waals surface area contributed by atoms with Crippen molar-refractivity contribution < 1.29 is 19.4 Å². The molecule has 0 aliphatic heterocycles. The molecule has 0 aromatic heterocycles. The molecular formula is C22H42O4. The third-order valence-electron chi connectivity index (χ3n) is 5.18. The Bertz CT molecular complexity index is 354. The van der Waals surface area contributed by atoms with Crippen LogP contribution in [0.15, 0.2) is 0 Å². The monoisotopic (exact) mass is 370 g/mol. The lowest BCUT2D eigenvalue weighted by molar-refractivity contribution is -0.154. The Morgan fingerprint density at radius 2 is 1.27 bits per heavy atom. The maximum atomic E-state index is 12.0. The van der Waals surface area contributed by atoms with Crippen LogP contribution in [0.1, 0.15) is 111 Å². The minimum absolute atomic E-state index is 0.0632. The maximum absolute atomic E-state index is 12.0. The van der Waals surface area contributed by atoms with Crippen LogP contribution >= 0.6 is 0 Å². The van der Waals surface area contributed by atoms with E-state index in [0.717, 1.165) is 12.8 Å². The van der Waals surface area contributed by atoms with Crippen LogP contribution in [0.5, 0.6) is 0 Å². The summed E-state index contributed by atoms with van der Waals surface area (Å²) in [4.78, 5) is 22.9. The minimum Gasteiger partial charge on any atom is -0.481 e. The number of carboxylic acids is 1. The second-order valence-corrected chi connectivity index (χ2v) is 7.61. The zero-order valence-corrected chi connectivity index (χ0v) is 17.4. The molecule has 4 heteroatoms. The molecule has 154 valence electrons. The van der Waals surface area contributed by atoms with Crippen molar-refractivity contribution >= 4 is 11.9 Å². The van der Waals surface area contributed by atoms with E-state index in [1.807, 2.05) is 6.92 Å². The number of hydrogen-bond acceptors (Lipinski definition) is 3. The van der Waals surface area contributed by atoms with Gasteiger partial charge in [0.25, 0.3) is 0 Å². The minimum atomic E-state index is -0.926. The van der Waals surface area contributed by atoms with Gasteiger partial charge < -0.3 is 9.84 Å². The summed E-state index contributed by atoms with van der Waals surface area (Å²) in [6.07, 6.45) is 16.5. The Balaban J connectivity index is 3.71.